The minimum Gasteiger partial charge on any atom is -0.497 e. The maximum atomic E-state index is 12.6. The second-order valence-electron chi connectivity index (χ2n) is 6.97. The van der Waals surface area contributed by atoms with Crippen molar-refractivity contribution in [2.45, 2.75) is 20.0 Å². The molecule has 9 nitrogen and oxygen atoms in total. The van der Waals surface area contributed by atoms with Crippen LogP contribution in [0, 0.1) is 5.92 Å². The van der Waals surface area contributed by atoms with Gasteiger partial charge in [-0.25, -0.2) is 10.3 Å². The number of methoxy groups -OCH3 is 1. The zero-order valence-electron chi connectivity index (χ0n) is 18.2. The summed E-state index contributed by atoms with van der Waals surface area (Å²) in [5, 5.41) is 20.4. The predicted octanol–water partition coefficient (Wildman–Crippen LogP) is 3.44. The average molecular weight is 444 g/mol. The van der Waals surface area contributed by atoms with E-state index < -0.39 is 24.0 Å². The minimum absolute atomic E-state index is 0.104. The van der Waals surface area contributed by atoms with Crippen molar-refractivity contribution in [2.24, 2.45) is 5.92 Å². The molecule has 0 aliphatic rings. The van der Waals surface area contributed by atoms with Gasteiger partial charge < -0.3 is 19.3 Å². The van der Waals surface area contributed by atoms with Crippen molar-refractivity contribution in [2.75, 3.05) is 25.6 Å². The van der Waals surface area contributed by atoms with Crippen LogP contribution in [-0.4, -0.2) is 42.6 Å². The molecule has 0 aromatic heterocycles. The number of carbonyl (C=O) groups is 2. The van der Waals surface area contributed by atoms with Gasteiger partial charge in [0, 0.05) is 17.7 Å². The number of nitrogens with one attached hydrogen (secondary N) is 2. The first-order valence-electron chi connectivity index (χ1n) is 9.95. The van der Waals surface area contributed by atoms with E-state index in [9.17, 15) is 9.59 Å². The highest BCUT2D eigenvalue weighted by Crippen LogP contribution is 2.32. The van der Waals surface area contributed by atoms with Gasteiger partial charge in [-0.1, -0.05) is 24.6 Å². The van der Waals surface area contributed by atoms with Crippen LogP contribution in [0.15, 0.2) is 60.2 Å². The highest BCUT2D eigenvalue weighted by molar-refractivity contribution is 5.87. The Morgan fingerprint density at radius 2 is 1.69 bits per heavy atom. The van der Waals surface area contributed by atoms with Gasteiger partial charge in [0.25, 0.3) is 5.91 Å². The number of benzene rings is 2. The number of carbonyl (C=O) groups excluding carboxylic acids is 2. The Labute approximate surface area is 186 Å². The lowest BCUT2D eigenvalue weighted by atomic mass is 9.91. The zero-order valence-corrected chi connectivity index (χ0v) is 18.2. The predicted molar refractivity (Wildman–Crippen MR) is 118 cm³/mol. The van der Waals surface area contributed by atoms with Crippen LogP contribution in [0.3, 0.4) is 0 Å². The third kappa shape index (κ3) is 7.29. The maximum absolute atomic E-state index is 12.6. The van der Waals surface area contributed by atoms with E-state index in [-0.39, 0.29) is 13.2 Å². The van der Waals surface area contributed by atoms with Gasteiger partial charge in [-0.05, 0) is 48.9 Å². The van der Waals surface area contributed by atoms with Crippen LogP contribution in [-0.2, 0) is 9.53 Å². The van der Waals surface area contributed by atoms with Crippen LogP contribution < -0.4 is 20.3 Å². The molecule has 0 bridgehead atoms. The lowest BCUT2D eigenvalue weighted by Gasteiger charge is -2.25. The average Bonchev–Trinajstić information content (AvgIpc) is 2.81. The van der Waals surface area contributed by atoms with Crippen molar-refractivity contribution in [3.63, 3.8) is 0 Å². The van der Waals surface area contributed by atoms with Crippen molar-refractivity contribution < 1.29 is 34.1 Å². The first-order valence-corrected chi connectivity index (χ1v) is 9.95. The maximum Gasteiger partial charge on any atom is 0.412 e. The second-order valence-corrected chi connectivity index (χ2v) is 6.97. The van der Waals surface area contributed by atoms with Gasteiger partial charge in [0.05, 0.1) is 13.7 Å². The highest BCUT2D eigenvalue weighted by atomic mass is 16.6. The normalized spacial score (nSPS) is 13.0. The molecule has 0 unspecified atom stereocenters. The SMILES string of the molecule is COc1ccc(NC(=O)O[C@H](c2ccc(OCCO)cc2)[C@@H](C)/C(C)=C/C(=O)NO)cc1. The molecule has 172 valence electrons. The Morgan fingerprint density at radius 1 is 1.06 bits per heavy atom. The number of amides is 2. The van der Waals surface area contributed by atoms with E-state index in [1.807, 2.05) is 0 Å². The lowest BCUT2D eigenvalue weighted by Crippen LogP contribution is -2.23. The van der Waals surface area contributed by atoms with E-state index in [0.29, 0.717) is 28.3 Å². The second kappa shape index (κ2) is 12.3. The van der Waals surface area contributed by atoms with Gasteiger partial charge in [-0.15, -0.1) is 0 Å². The van der Waals surface area contributed by atoms with E-state index in [1.165, 1.54) is 6.08 Å². The fourth-order valence-electron chi connectivity index (χ4n) is 2.92. The van der Waals surface area contributed by atoms with Gasteiger partial charge in [-0.3, -0.25) is 15.3 Å². The molecular weight excluding hydrogens is 416 g/mol. The van der Waals surface area contributed by atoms with Crippen molar-refractivity contribution in [1.82, 2.24) is 5.48 Å². The summed E-state index contributed by atoms with van der Waals surface area (Å²) in [6.07, 6.45) is -0.170. The van der Waals surface area contributed by atoms with E-state index in [1.54, 1.807) is 75.0 Å². The Bertz CT molecular complexity index is 911. The van der Waals surface area contributed by atoms with Crippen LogP contribution in [0.4, 0.5) is 10.5 Å². The molecule has 2 amide bonds. The van der Waals surface area contributed by atoms with Crippen LogP contribution in [0.5, 0.6) is 11.5 Å². The van der Waals surface area contributed by atoms with Crippen LogP contribution in [0.2, 0.25) is 0 Å². The summed E-state index contributed by atoms with van der Waals surface area (Å²) < 4.78 is 16.2. The van der Waals surface area contributed by atoms with Crippen LogP contribution in [0.25, 0.3) is 0 Å². The molecule has 2 aromatic carbocycles. The van der Waals surface area contributed by atoms with E-state index in [4.69, 9.17) is 24.5 Å². The quantitative estimate of drug-likeness (QED) is 0.251. The molecule has 9 heteroatoms. The number of anilines is 1. The molecule has 0 saturated heterocycles. The summed E-state index contributed by atoms with van der Waals surface area (Å²) in [4.78, 5) is 24.2. The zero-order chi connectivity index (χ0) is 23.5. The molecule has 32 heavy (non-hydrogen) atoms. The first kappa shape index (κ1) is 24.7. The largest absolute Gasteiger partial charge is 0.497 e. The number of aliphatic hydroxyl groups is 1. The van der Waals surface area contributed by atoms with Gasteiger partial charge in [0.2, 0.25) is 0 Å². The Hall–Kier alpha value is -3.56. The van der Waals surface area contributed by atoms with Crippen molar-refractivity contribution in [3.8, 4) is 11.5 Å². The number of hydrogen-bond donors (Lipinski definition) is 4. The Balaban J connectivity index is 2.23. The summed E-state index contributed by atoms with van der Waals surface area (Å²) >= 11 is 0. The number of hydrogen-bond acceptors (Lipinski definition) is 7. The number of rotatable bonds is 10. The summed E-state index contributed by atoms with van der Waals surface area (Å²) in [6.45, 7) is 3.57. The summed E-state index contributed by atoms with van der Waals surface area (Å²) in [7, 11) is 1.55. The molecule has 0 saturated carbocycles. The monoisotopic (exact) mass is 444 g/mol. The van der Waals surface area contributed by atoms with E-state index >= 15 is 0 Å². The summed E-state index contributed by atoms with van der Waals surface area (Å²) in [5.74, 6) is 0.146. The molecular formula is C23H28N2O7. The molecule has 0 aliphatic carbocycles. The van der Waals surface area contributed by atoms with Crippen LogP contribution >= 0.6 is 0 Å². The molecule has 0 aliphatic heterocycles. The Kier molecular flexibility index (Phi) is 9.52. The third-order valence-corrected chi connectivity index (χ3v) is 4.78. The van der Waals surface area contributed by atoms with E-state index in [0.717, 1.165) is 0 Å². The van der Waals surface area contributed by atoms with Crippen LogP contribution in [0.1, 0.15) is 25.5 Å². The van der Waals surface area contributed by atoms with Gasteiger partial charge in [0.1, 0.15) is 24.2 Å². The van der Waals surface area contributed by atoms with Gasteiger partial charge >= 0.3 is 6.09 Å². The Morgan fingerprint density at radius 3 is 2.25 bits per heavy atom. The highest BCUT2D eigenvalue weighted by Gasteiger charge is 2.25. The number of aliphatic hydroxyl groups excluding tert-OH is 1. The minimum atomic E-state index is -0.733. The number of hydroxylamine groups is 1. The summed E-state index contributed by atoms with van der Waals surface area (Å²) in [5.41, 5.74) is 3.36. The third-order valence-electron chi connectivity index (χ3n) is 4.78. The standard InChI is InChI=1S/C23H28N2O7/c1-15(14-21(27)25-29)16(2)22(17-4-8-20(9-5-17)31-13-12-26)32-23(28)24-18-6-10-19(30-3)11-7-18/h4-11,14,16,22,26,29H,12-13H2,1-3H3,(H,24,28)(H,25,27)/b15-14+/t16-,22-/m0/s1. The topological polar surface area (TPSA) is 126 Å². The molecule has 0 heterocycles. The first-order chi connectivity index (χ1) is 15.4. The fraction of sp³-hybridized carbons (Fsp3) is 0.304. The van der Waals surface area contributed by atoms with Crippen molar-refractivity contribution >= 4 is 17.7 Å². The van der Waals surface area contributed by atoms with Crippen molar-refractivity contribution in [3.05, 3.63) is 65.7 Å². The van der Waals surface area contributed by atoms with Crippen molar-refractivity contribution in [1.29, 1.82) is 0 Å². The molecule has 2 rings (SSSR count). The fourth-order valence-corrected chi connectivity index (χ4v) is 2.92. The molecule has 4 N–H and O–H groups in total. The van der Waals surface area contributed by atoms with E-state index in [2.05, 4.69) is 5.32 Å². The smallest absolute Gasteiger partial charge is 0.412 e. The summed E-state index contributed by atoms with van der Waals surface area (Å²) in [6, 6.07) is 13.7. The molecule has 0 fully saturated rings. The molecule has 0 radical (unpaired) electrons. The number of ether oxygens (including phenoxy) is 3. The molecule has 2 aromatic rings. The molecule has 0 spiro atoms. The van der Waals surface area contributed by atoms with Gasteiger partial charge in [-0.2, -0.15) is 0 Å². The lowest BCUT2D eigenvalue weighted by molar-refractivity contribution is -0.124. The molecule has 2 atom stereocenters. The van der Waals surface area contributed by atoms with Gasteiger partial charge in [0.15, 0.2) is 0 Å².